The van der Waals surface area contributed by atoms with Crippen molar-refractivity contribution in [2.75, 3.05) is 11.1 Å². The molecule has 0 radical (unpaired) electrons. The monoisotopic (exact) mass is 423 g/mol. The van der Waals surface area contributed by atoms with Crippen molar-refractivity contribution in [1.29, 1.82) is 0 Å². The number of rotatable bonds is 9. The van der Waals surface area contributed by atoms with Crippen LogP contribution in [0.1, 0.15) is 17.0 Å². The topological polar surface area (TPSA) is 103 Å². The highest BCUT2D eigenvalue weighted by Crippen LogP contribution is 2.26. The summed E-state index contributed by atoms with van der Waals surface area (Å²) in [5.41, 5.74) is 1.90. The fourth-order valence-corrected chi connectivity index (χ4v) is 3.63. The van der Waals surface area contributed by atoms with E-state index in [2.05, 4.69) is 22.1 Å². The Morgan fingerprint density at radius 1 is 1.27 bits per heavy atom. The van der Waals surface area contributed by atoms with E-state index in [1.165, 1.54) is 23.9 Å². The number of benzene rings is 2. The van der Waals surface area contributed by atoms with E-state index in [1.54, 1.807) is 19.1 Å². The second-order valence-corrected chi connectivity index (χ2v) is 7.52. The fraction of sp³-hybridized carbons (Fsp3) is 0.190. The summed E-state index contributed by atoms with van der Waals surface area (Å²) < 4.78 is 1.91. The molecule has 0 aliphatic rings. The van der Waals surface area contributed by atoms with Crippen molar-refractivity contribution in [1.82, 2.24) is 14.8 Å². The number of hydrogen-bond acceptors (Lipinski definition) is 6. The van der Waals surface area contributed by atoms with Crippen LogP contribution >= 0.6 is 11.8 Å². The number of carbonyl (C=O) groups is 1. The number of anilines is 1. The first-order chi connectivity index (χ1) is 14.5. The standard InChI is InChI=1S/C21H21N5O3S/c1-3-11-25-19(13-16-7-5-4-6-8-16)23-24-21(25)30-14-20(27)22-17-10-9-15(2)12-18(17)26(28)29/h3-10,12H,1,11,13-14H2,2H3,(H,22,27). The average Bonchev–Trinajstić information content (AvgIpc) is 3.10. The highest BCUT2D eigenvalue weighted by Gasteiger charge is 2.18. The van der Waals surface area contributed by atoms with E-state index in [4.69, 9.17) is 0 Å². The number of hydrogen-bond donors (Lipinski definition) is 1. The van der Waals surface area contributed by atoms with Crippen LogP contribution < -0.4 is 5.32 Å². The van der Waals surface area contributed by atoms with Crippen LogP contribution in [-0.4, -0.2) is 31.3 Å². The van der Waals surface area contributed by atoms with E-state index in [0.29, 0.717) is 18.1 Å². The molecule has 1 N–H and O–H groups in total. The quantitative estimate of drug-likeness (QED) is 0.241. The minimum absolute atomic E-state index is 0.0473. The van der Waals surface area contributed by atoms with Gasteiger partial charge in [0.25, 0.3) is 5.69 Å². The van der Waals surface area contributed by atoms with Crippen molar-refractivity contribution in [2.45, 2.75) is 25.0 Å². The lowest BCUT2D eigenvalue weighted by molar-refractivity contribution is -0.384. The summed E-state index contributed by atoms with van der Waals surface area (Å²) in [7, 11) is 0. The normalized spacial score (nSPS) is 10.6. The Kier molecular flexibility index (Phi) is 6.97. The van der Waals surface area contributed by atoms with E-state index in [-0.39, 0.29) is 23.0 Å². The minimum Gasteiger partial charge on any atom is -0.320 e. The fourth-order valence-electron chi connectivity index (χ4n) is 2.86. The van der Waals surface area contributed by atoms with Gasteiger partial charge in [0.2, 0.25) is 5.91 Å². The summed E-state index contributed by atoms with van der Waals surface area (Å²) in [6.07, 6.45) is 2.36. The van der Waals surface area contributed by atoms with Crippen molar-refractivity contribution in [3.63, 3.8) is 0 Å². The van der Waals surface area contributed by atoms with Gasteiger partial charge in [-0.25, -0.2) is 0 Å². The predicted octanol–water partition coefficient (Wildman–Crippen LogP) is 4.00. The first-order valence-electron chi connectivity index (χ1n) is 9.22. The number of amides is 1. The Labute approximate surface area is 178 Å². The lowest BCUT2D eigenvalue weighted by Crippen LogP contribution is -2.16. The van der Waals surface area contributed by atoms with Crippen molar-refractivity contribution < 1.29 is 9.72 Å². The summed E-state index contributed by atoms with van der Waals surface area (Å²) in [5.74, 6) is 0.467. The molecular weight excluding hydrogens is 402 g/mol. The number of nitrogens with one attached hydrogen (secondary N) is 1. The van der Waals surface area contributed by atoms with E-state index >= 15 is 0 Å². The van der Waals surface area contributed by atoms with Gasteiger partial charge in [-0.2, -0.15) is 0 Å². The van der Waals surface area contributed by atoms with E-state index in [0.717, 1.165) is 17.0 Å². The van der Waals surface area contributed by atoms with Gasteiger partial charge in [-0.05, 0) is 24.1 Å². The lowest BCUT2D eigenvalue weighted by Gasteiger charge is -2.09. The zero-order chi connectivity index (χ0) is 21.5. The smallest absolute Gasteiger partial charge is 0.293 e. The van der Waals surface area contributed by atoms with Crippen LogP contribution in [-0.2, 0) is 17.8 Å². The number of aryl methyl sites for hydroxylation is 1. The molecule has 1 aromatic heterocycles. The molecule has 0 unspecified atom stereocenters. The molecule has 0 spiro atoms. The molecule has 3 rings (SSSR count). The third kappa shape index (κ3) is 5.32. The maximum atomic E-state index is 12.4. The maximum absolute atomic E-state index is 12.4. The average molecular weight is 423 g/mol. The number of thioether (sulfide) groups is 1. The number of aromatic nitrogens is 3. The second-order valence-electron chi connectivity index (χ2n) is 6.58. The van der Waals surface area contributed by atoms with Crippen LogP contribution in [0.25, 0.3) is 0 Å². The molecule has 9 heteroatoms. The van der Waals surface area contributed by atoms with Gasteiger partial charge < -0.3 is 9.88 Å². The molecule has 0 saturated carbocycles. The summed E-state index contributed by atoms with van der Waals surface area (Å²) in [4.78, 5) is 23.1. The molecule has 1 heterocycles. The first-order valence-corrected chi connectivity index (χ1v) is 10.2. The molecule has 1 amide bonds. The molecule has 30 heavy (non-hydrogen) atoms. The number of nitrogens with zero attached hydrogens (tertiary/aromatic N) is 4. The zero-order valence-corrected chi connectivity index (χ0v) is 17.3. The van der Waals surface area contributed by atoms with Crippen molar-refractivity contribution in [3.8, 4) is 0 Å². The van der Waals surface area contributed by atoms with Crippen LogP contribution in [0, 0.1) is 17.0 Å². The highest BCUT2D eigenvalue weighted by molar-refractivity contribution is 7.99. The predicted molar refractivity (Wildman–Crippen MR) is 117 cm³/mol. The van der Waals surface area contributed by atoms with Crippen LogP contribution in [0.2, 0.25) is 0 Å². The zero-order valence-electron chi connectivity index (χ0n) is 16.4. The van der Waals surface area contributed by atoms with Crippen LogP contribution in [0.3, 0.4) is 0 Å². The summed E-state index contributed by atoms with van der Waals surface area (Å²) in [5, 5.41) is 22.9. The number of nitro groups is 1. The van der Waals surface area contributed by atoms with Gasteiger partial charge in [0.1, 0.15) is 11.5 Å². The van der Waals surface area contributed by atoms with Crippen LogP contribution in [0.4, 0.5) is 11.4 Å². The van der Waals surface area contributed by atoms with Crippen molar-refractivity contribution in [3.05, 3.63) is 88.3 Å². The number of carbonyl (C=O) groups excluding carboxylic acids is 1. The Bertz CT molecular complexity index is 1070. The molecule has 0 fully saturated rings. The second kappa shape index (κ2) is 9.84. The third-order valence-corrected chi connectivity index (χ3v) is 5.23. The molecule has 0 aliphatic heterocycles. The highest BCUT2D eigenvalue weighted by atomic mass is 32.2. The minimum atomic E-state index is -0.508. The molecular formula is C21H21N5O3S. The van der Waals surface area contributed by atoms with Crippen LogP contribution in [0.15, 0.2) is 66.3 Å². The van der Waals surface area contributed by atoms with Gasteiger partial charge >= 0.3 is 0 Å². The van der Waals surface area contributed by atoms with Gasteiger partial charge in [-0.3, -0.25) is 14.9 Å². The summed E-state index contributed by atoms with van der Waals surface area (Å²) >= 11 is 1.22. The van der Waals surface area contributed by atoms with Crippen LogP contribution in [0.5, 0.6) is 0 Å². The molecule has 154 valence electrons. The van der Waals surface area contributed by atoms with Crippen molar-refractivity contribution >= 4 is 29.0 Å². The molecule has 3 aromatic rings. The number of allylic oxidation sites excluding steroid dienone is 1. The van der Waals surface area contributed by atoms with Gasteiger partial charge in [0, 0.05) is 19.0 Å². The molecule has 2 aromatic carbocycles. The van der Waals surface area contributed by atoms with Gasteiger partial charge in [-0.1, -0.05) is 54.2 Å². The Morgan fingerprint density at radius 3 is 2.73 bits per heavy atom. The van der Waals surface area contributed by atoms with Gasteiger partial charge in [0.05, 0.1) is 10.7 Å². The maximum Gasteiger partial charge on any atom is 0.293 e. The van der Waals surface area contributed by atoms with Gasteiger partial charge in [-0.15, -0.1) is 16.8 Å². The summed E-state index contributed by atoms with van der Waals surface area (Å²) in [6.45, 7) is 6.05. The Hall–Kier alpha value is -3.46. The van der Waals surface area contributed by atoms with Crippen molar-refractivity contribution in [2.24, 2.45) is 0 Å². The Morgan fingerprint density at radius 2 is 2.03 bits per heavy atom. The van der Waals surface area contributed by atoms with E-state index in [1.807, 2.05) is 34.9 Å². The third-order valence-electron chi connectivity index (χ3n) is 4.27. The lowest BCUT2D eigenvalue weighted by atomic mass is 10.1. The molecule has 8 nitrogen and oxygen atoms in total. The largest absolute Gasteiger partial charge is 0.320 e. The molecule has 0 saturated heterocycles. The van der Waals surface area contributed by atoms with E-state index in [9.17, 15) is 14.9 Å². The molecule has 0 atom stereocenters. The van der Waals surface area contributed by atoms with Gasteiger partial charge in [0.15, 0.2) is 5.16 Å². The van der Waals surface area contributed by atoms with E-state index < -0.39 is 4.92 Å². The summed E-state index contributed by atoms with van der Waals surface area (Å²) in [6, 6.07) is 14.6. The number of nitro benzene ring substituents is 1. The molecule has 0 bridgehead atoms. The SMILES string of the molecule is C=CCn1c(Cc2ccccc2)nnc1SCC(=O)Nc1ccc(C)cc1[N+](=O)[O-]. The molecule has 0 aliphatic carbocycles. The Balaban J connectivity index is 1.69. The first kappa shape index (κ1) is 21.3.